The van der Waals surface area contributed by atoms with Crippen molar-refractivity contribution in [3.05, 3.63) is 28.7 Å². The first-order valence-electron chi connectivity index (χ1n) is 8.32. The van der Waals surface area contributed by atoms with Crippen LogP contribution in [-0.2, 0) is 9.53 Å². The van der Waals surface area contributed by atoms with Crippen LogP contribution in [0.2, 0.25) is 0 Å². The molecule has 2 fully saturated rings. The van der Waals surface area contributed by atoms with Gasteiger partial charge in [0, 0.05) is 49.5 Å². The third-order valence-electron chi connectivity index (χ3n) is 4.48. The van der Waals surface area contributed by atoms with Crippen molar-refractivity contribution in [3.8, 4) is 0 Å². The number of ether oxygens (including phenoxy) is 1. The molecule has 2 aliphatic heterocycles. The van der Waals surface area contributed by atoms with Crippen molar-refractivity contribution in [3.63, 3.8) is 0 Å². The van der Waals surface area contributed by atoms with Crippen molar-refractivity contribution in [1.82, 2.24) is 10.2 Å². The van der Waals surface area contributed by atoms with Gasteiger partial charge in [-0.2, -0.15) is 0 Å². The van der Waals surface area contributed by atoms with Gasteiger partial charge in [-0.25, -0.2) is 0 Å². The van der Waals surface area contributed by atoms with E-state index in [9.17, 15) is 4.79 Å². The summed E-state index contributed by atoms with van der Waals surface area (Å²) in [6.45, 7) is 5.73. The predicted molar refractivity (Wildman–Crippen MR) is 94.8 cm³/mol. The predicted octanol–water partition coefficient (Wildman–Crippen LogP) is 1.87. The molecular weight excluding hydrogens is 358 g/mol. The Bertz CT molecular complexity index is 509. The van der Waals surface area contributed by atoms with E-state index >= 15 is 0 Å². The second kappa shape index (κ2) is 8.13. The summed E-state index contributed by atoms with van der Waals surface area (Å²) in [5.41, 5.74) is 1.25. The summed E-state index contributed by atoms with van der Waals surface area (Å²) in [6, 6.07) is 8.41. The molecule has 6 heteroatoms. The summed E-state index contributed by atoms with van der Waals surface area (Å²) in [6.07, 6.45) is 2.39. The molecule has 2 aliphatic rings. The number of rotatable bonds is 5. The standard InChI is InChI=1S/C17H24BrN3O2/c18-14-3-5-15(6-4-14)21-9-7-20(8-10-21)13-17(22)19-12-16-2-1-11-23-16/h3-6,16H,1-2,7-13H2,(H,19,22). The molecule has 0 bridgehead atoms. The van der Waals surface area contributed by atoms with E-state index < -0.39 is 0 Å². The summed E-state index contributed by atoms with van der Waals surface area (Å²) in [7, 11) is 0. The molecule has 1 aromatic rings. The van der Waals surface area contributed by atoms with Gasteiger partial charge in [-0.1, -0.05) is 15.9 Å². The molecule has 3 rings (SSSR count). The van der Waals surface area contributed by atoms with Crippen LogP contribution < -0.4 is 10.2 Å². The molecule has 1 N–H and O–H groups in total. The molecule has 0 aliphatic carbocycles. The SMILES string of the molecule is O=C(CN1CCN(c2ccc(Br)cc2)CC1)NCC1CCCO1. The Balaban J connectivity index is 1.38. The largest absolute Gasteiger partial charge is 0.376 e. The lowest BCUT2D eigenvalue weighted by atomic mass is 10.2. The van der Waals surface area contributed by atoms with E-state index in [4.69, 9.17) is 4.74 Å². The first kappa shape index (κ1) is 16.7. The fourth-order valence-corrected chi connectivity index (χ4v) is 3.37. The second-order valence-electron chi connectivity index (χ2n) is 6.18. The first-order chi connectivity index (χ1) is 11.2. The van der Waals surface area contributed by atoms with E-state index in [2.05, 4.69) is 55.3 Å². The number of halogens is 1. The highest BCUT2D eigenvalue weighted by atomic mass is 79.9. The number of nitrogens with one attached hydrogen (secondary N) is 1. The van der Waals surface area contributed by atoms with E-state index in [0.717, 1.165) is 50.1 Å². The van der Waals surface area contributed by atoms with E-state index in [1.165, 1.54) is 5.69 Å². The van der Waals surface area contributed by atoms with Crippen LogP contribution in [0.25, 0.3) is 0 Å². The molecule has 0 spiro atoms. The van der Waals surface area contributed by atoms with Crippen LogP contribution in [0.15, 0.2) is 28.7 Å². The molecule has 2 heterocycles. The average molecular weight is 382 g/mol. The molecule has 1 atom stereocenters. The maximum atomic E-state index is 12.0. The third-order valence-corrected chi connectivity index (χ3v) is 5.01. The number of carbonyl (C=O) groups is 1. The summed E-state index contributed by atoms with van der Waals surface area (Å²) in [4.78, 5) is 16.6. The fourth-order valence-electron chi connectivity index (χ4n) is 3.11. The molecule has 1 amide bonds. The Hall–Kier alpha value is -1.11. The summed E-state index contributed by atoms with van der Waals surface area (Å²) in [5.74, 6) is 0.109. The quantitative estimate of drug-likeness (QED) is 0.845. The number of anilines is 1. The lowest BCUT2D eigenvalue weighted by Gasteiger charge is -2.35. The van der Waals surface area contributed by atoms with Gasteiger partial charge in [-0.05, 0) is 37.1 Å². The van der Waals surface area contributed by atoms with Gasteiger partial charge in [0.15, 0.2) is 0 Å². The molecule has 2 saturated heterocycles. The minimum absolute atomic E-state index is 0.109. The molecule has 0 aromatic heterocycles. The average Bonchev–Trinajstić information content (AvgIpc) is 3.08. The van der Waals surface area contributed by atoms with Gasteiger partial charge in [0.25, 0.3) is 0 Å². The van der Waals surface area contributed by atoms with Crippen LogP contribution in [0.5, 0.6) is 0 Å². The Labute approximate surface area is 146 Å². The summed E-state index contributed by atoms with van der Waals surface area (Å²) < 4.78 is 6.63. The van der Waals surface area contributed by atoms with E-state index in [1.807, 2.05) is 0 Å². The number of carbonyl (C=O) groups excluding carboxylic acids is 1. The van der Waals surface area contributed by atoms with Crippen LogP contribution in [0.1, 0.15) is 12.8 Å². The molecule has 0 radical (unpaired) electrons. The zero-order valence-corrected chi connectivity index (χ0v) is 14.9. The van der Waals surface area contributed by atoms with E-state index in [-0.39, 0.29) is 12.0 Å². The molecule has 1 aromatic carbocycles. The lowest BCUT2D eigenvalue weighted by molar-refractivity contribution is -0.122. The fraction of sp³-hybridized carbons (Fsp3) is 0.588. The van der Waals surface area contributed by atoms with Crippen LogP contribution in [0.3, 0.4) is 0 Å². The Morgan fingerprint density at radius 1 is 1.22 bits per heavy atom. The van der Waals surface area contributed by atoms with E-state index in [1.54, 1.807) is 0 Å². The number of amides is 1. The summed E-state index contributed by atoms with van der Waals surface area (Å²) in [5, 5.41) is 3.00. The van der Waals surface area contributed by atoms with Crippen LogP contribution in [0.4, 0.5) is 5.69 Å². The zero-order valence-electron chi connectivity index (χ0n) is 13.3. The smallest absolute Gasteiger partial charge is 0.234 e. The lowest BCUT2D eigenvalue weighted by Crippen LogP contribution is -2.50. The van der Waals surface area contributed by atoms with Crippen LogP contribution in [-0.4, -0.2) is 62.8 Å². The van der Waals surface area contributed by atoms with Gasteiger partial charge >= 0.3 is 0 Å². The van der Waals surface area contributed by atoms with Crippen molar-refractivity contribution in [2.45, 2.75) is 18.9 Å². The Kier molecular flexibility index (Phi) is 5.91. The second-order valence-corrected chi connectivity index (χ2v) is 7.09. The highest BCUT2D eigenvalue weighted by Gasteiger charge is 2.20. The minimum Gasteiger partial charge on any atom is -0.376 e. The molecule has 5 nitrogen and oxygen atoms in total. The topological polar surface area (TPSA) is 44.8 Å². The number of piperazine rings is 1. The van der Waals surface area contributed by atoms with Crippen molar-refractivity contribution < 1.29 is 9.53 Å². The van der Waals surface area contributed by atoms with Crippen molar-refractivity contribution in [2.24, 2.45) is 0 Å². The highest BCUT2D eigenvalue weighted by Crippen LogP contribution is 2.19. The normalized spacial score (nSPS) is 22.3. The van der Waals surface area contributed by atoms with Crippen molar-refractivity contribution in [1.29, 1.82) is 0 Å². The molecule has 1 unspecified atom stereocenters. The van der Waals surface area contributed by atoms with Crippen LogP contribution >= 0.6 is 15.9 Å². The number of benzene rings is 1. The van der Waals surface area contributed by atoms with Crippen LogP contribution in [0, 0.1) is 0 Å². The molecule has 0 saturated carbocycles. The first-order valence-corrected chi connectivity index (χ1v) is 9.11. The molecular formula is C17H24BrN3O2. The Morgan fingerprint density at radius 3 is 2.61 bits per heavy atom. The minimum atomic E-state index is 0.109. The number of hydrogen-bond acceptors (Lipinski definition) is 4. The van der Waals surface area contributed by atoms with Crippen molar-refractivity contribution >= 4 is 27.5 Å². The zero-order chi connectivity index (χ0) is 16.1. The number of nitrogens with zero attached hydrogens (tertiary/aromatic N) is 2. The van der Waals surface area contributed by atoms with Gasteiger partial charge in [0.2, 0.25) is 5.91 Å². The third kappa shape index (κ3) is 4.93. The van der Waals surface area contributed by atoms with Gasteiger partial charge < -0.3 is 15.0 Å². The number of hydrogen-bond donors (Lipinski definition) is 1. The maximum Gasteiger partial charge on any atom is 0.234 e. The van der Waals surface area contributed by atoms with Gasteiger partial charge in [0.1, 0.15) is 0 Å². The molecule has 126 valence electrons. The molecule has 23 heavy (non-hydrogen) atoms. The Morgan fingerprint density at radius 2 is 1.96 bits per heavy atom. The highest BCUT2D eigenvalue weighted by molar-refractivity contribution is 9.10. The summed E-state index contributed by atoms with van der Waals surface area (Å²) >= 11 is 3.47. The van der Waals surface area contributed by atoms with Gasteiger partial charge in [-0.15, -0.1) is 0 Å². The van der Waals surface area contributed by atoms with Crippen molar-refractivity contribution in [2.75, 3.05) is 50.8 Å². The van der Waals surface area contributed by atoms with E-state index in [0.29, 0.717) is 13.1 Å². The van der Waals surface area contributed by atoms with Gasteiger partial charge in [0.05, 0.1) is 12.6 Å². The monoisotopic (exact) mass is 381 g/mol. The van der Waals surface area contributed by atoms with Gasteiger partial charge in [-0.3, -0.25) is 9.69 Å². The maximum absolute atomic E-state index is 12.0.